The number of ether oxygens (including phenoxy) is 1. The van der Waals surface area contributed by atoms with Gasteiger partial charge in [-0.15, -0.1) is 0 Å². The fourth-order valence-electron chi connectivity index (χ4n) is 1.82. The summed E-state index contributed by atoms with van der Waals surface area (Å²) in [4.78, 5) is 23.1. The first kappa shape index (κ1) is 15.2. The predicted molar refractivity (Wildman–Crippen MR) is 73.7 cm³/mol. The van der Waals surface area contributed by atoms with Crippen molar-refractivity contribution in [3.05, 3.63) is 35.4 Å². The van der Waals surface area contributed by atoms with Crippen LogP contribution in [0.4, 0.5) is 0 Å². The average molecular weight is 263 g/mol. The van der Waals surface area contributed by atoms with E-state index >= 15 is 0 Å². The van der Waals surface area contributed by atoms with Gasteiger partial charge in [0.25, 0.3) is 0 Å². The lowest BCUT2D eigenvalue weighted by atomic mass is 9.80. The number of benzene rings is 1. The first-order chi connectivity index (χ1) is 8.64. The third-order valence-electron chi connectivity index (χ3n) is 3.64. The highest BCUT2D eigenvalue weighted by atomic mass is 16.5. The number of hydrogen-bond acceptors (Lipinski definition) is 3. The summed E-state index contributed by atoms with van der Waals surface area (Å²) in [5.41, 5.74) is 5.60. The summed E-state index contributed by atoms with van der Waals surface area (Å²) in [5.74, 6) is -0.679. The molecule has 1 rings (SSSR count). The molecule has 1 amide bonds. The largest absolute Gasteiger partial charge is 0.468 e. The fraction of sp³-hybridized carbons (Fsp3) is 0.467. The van der Waals surface area contributed by atoms with E-state index in [1.54, 1.807) is 27.7 Å². The van der Waals surface area contributed by atoms with Gasteiger partial charge in [-0.2, -0.15) is 0 Å². The van der Waals surface area contributed by atoms with Crippen LogP contribution in [0, 0.1) is 0 Å². The van der Waals surface area contributed by atoms with E-state index in [1.807, 2.05) is 24.3 Å². The zero-order valence-corrected chi connectivity index (χ0v) is 12.1. The van der Waals surface area contributed by atoms with E-state index in [2.05, 4.69) is 0 Å². The maximum absolute atomic E-state index is 11.7. The quantitative estimate of drug-likeness (QED) is 0.843. The second kappa shape index (κ2) is 5.03. The summed E-state index contributed by atoms with van der Waals surface area (Å²) >= 11 is 0. The van der Waals surface area contributed by atoms with Crippen molar-refractivity contribution in [1.29, 1.82) is 0 Å². The minimum Gasteiger partial charge on any atom is -0.468 e. The molecule has 0 fully saturated rings. The minimum absolute atomic E-state index is 0.297. The Kier molecular flexibility index (Phi) is 4.03. The zero-order valence-electron chi connectivity index (χ0n) is 12.1. The van der Waals surface area contributed by atoms with Crippen molar-refractivity contribution in [3.8, 4) is 0 Å². The van der Waals surface area contributed by atoms with Gasteiger partial charge in [0, 0.05) is 0 Å². The van der Waals surface area contributed by atoms with E-state index in [0.717, 1.165) is 11.1 Å². The van der Waals surface area contributed by atoms with Gasteiger partial charge in [-0.1, -0.05) is 24.3 Å². The first-order valence-electron chi connectivity index (χ1n) is 6.13. The molecule has 0 saturated heterocycles. The van der Waals surface area contributed by atoms with E-state index in [1.165, 1.54) is 7.11 Å². The third kappa shape index (κ3) is 2.78. The monoisotopic (exact) mass is 263 g/mol. The molecular formula is C15H21NO3. The van der Waals surface area contributed by atoms with Crippen LogP contribution in [0.1, 0.15) is 38.8 Å². The van der Waals surface area contributed by atoms with Crippen LogP contribution in [0.25, 0.3) is 0 Å². The average Bonchev–Trinajstić information content (AvgIpc) is 2.37. The Balaban J connectivity index is 3.14. The van der Waals surface area contributed by atoms with Crippen LogP contribution >= 0.6 is 0 Å². The number of methoxy groups -OCH3 is 1. The number of carbonyl (C=O) groups excluding carboxylic acids is 2. The van der Waals surface area contributed by atoms with Crippen LogP contribution in [0.2, 0.25) is 0 Å². The Labute approximate surface area is 113 Å². The summed E-state index contributed by atoms with van der Waals surface area (Å²) in [6.45, 7) is 7.14. The maximum atomic E-state index is 11.7. The predicted octanol–water partition coefficient (Wildman–Crippen LogP) is 1.90. The SMILES string of the molecule is COC(=O)C(C)(C)c1ccc(C(C)(C)C(N)=O)cc1. The molecular weight excluding hydrogens is 242 g/mol. The van der Waals surface area contributed by atoms with Crippen molar-refractivity contribution in [3.63, 3.8) is 0 Å². The topological polar surface area (TPSA) is 69.4 Å². The molecule has 0 spiro atoms. The van der Waals surface area contributed by atoms with Crippen LogP contribution in [-0.2, 0) is 25.2 Å². The second-order valence-corrected chi connectivity index (χ2v) is 5.68. The number of esters is 1. The lowest BCUT2D eigenvalue weighted by Crippen LogP contribution is -2.35. The molecule has 104 valence electrons. The fourth-order valence-corrected chi connectivity index (χ4v) is 1.82. The lowest BCUT2D eigenvalue weighted by Gasteiger charge is -2.25. The lowest BCUT2D eigenvalue weighted by molar-refractivity contribution is -0.146. The highest BCUT2D eigenvalue weighted by Crippen LogP contribution is 2.28. The number of primary amides is 1. The molecule has 0 aliphatic rings. The summed E-state index contributed by atoms with van der Waals surface area (Å²) in [6, 6.07) is 7.31. The van der Waals surface area contributed by atoms with Crippen molar-refractivity contribution in [2.24, 2.45) is 5.73 Å². The standard InChI is InChI=1S/C15H21NO3/c1-14(2,12(16)17)10-6-8-11(9-7-10)15(3,4)13(18)19-5/h6-9H,1-5H3,(H2,16,17). The van der Waals surface area contributed by atoms with Crippen LogP contribution in [0.15, 0.2) is 24.3 Å². The first-order valence-corrected chi connectivity index (χ1v) is 6.13. The van der Waals surface area contributed by atoms with E-state index in [9.17, 15) is 9.59 Å². The third-order valence-corrected chi connectivity index (χ3v) is 3.64. The molecule has 19 heavy (non-hydrogen) atoms. The molecule has 0 bridgehead atoms. The van der Waals surface area contributed by atoms with Crippen molar-refractivity contribution in [1.82, 2.24) is 0 Å². The van der Waals surface area contributed by atoms with Crippen molar-refractivity contribution in [2.45, 2.75) is 38.5 Å². The summed E-state index contributed by atoms with van der Waals surface area (Å²) in [7, 11) is 1.37. The van der Waals surface area contributed by atoms with Gasteiger partial charge in [0.2, 0.25) is 5.91 Å². The Morgan fingerprint density at radius 2 is 1.32 bits per heavy atom. The molecule has 1 aromatic carbocycles. The van der Waals surface area contributed by atoms with E-state index < -0.39 is 10.8 Å². The summed E-state index contributed by atoms with van der Waals surface area (Å²) in [6.07, 6.45) is 0. The highest BCUT2D eigenvalue weighted by Gasteiger charge is 2.32. The van der Waals surface area contributed by atoms with Gasteiger partial charge in [0.05, 0.1) is 17.9 Å². The van der Waals surface area contributed by atoms with E-state index in [0.29, 0.717) is 0 Å². The molecule has 0 atom stereocenters. The number of rotatable bonds is 4. The van der Waals surface area contributed by atoms with Crippen molar-refractivity contribution in [2.75, 3.05) is 7.11 Å². The van der Waals surface area contributed by atoms with Gasteiger partial charge >= 0.3 is 5.97 Å². The van der Waals surface area contributed by atoms with Gasteiger partial charge in [-0.3, -0.25) is 9.59 Å². The zero-order chi connectivity index (χ0) is 14.8. The molecule has 0 saturated carbocycles. The summed E-state index contributed by atoms with van der Waals surface area (Å²) in [5, 5.41) is 0. The molecule has 0 aliphatic heterocycles. The van der Waals surface area contributed by atoms with Gasteiger partial charge in [-0.25, -0.2) is 0 Å². The van der Waals surface area contributed by atoms with E-state index in [-0.39, 0.29) is 11.9 Å². The number of amides is 1. The van der Waals surface area contributed by atoms with Crippen LogP contribution in [-0.4, -0.2) is 19.0 Å². The molecule has 1 aromatic rings. The summed E-state index contributed by atoms with van der Waals surface area (Å²) < 4.78 is 4.79. The highest BCUT2D eigenvalue weighted by molar-refractivity contribution is 5.86. The Morgan fingerprint density at radius 3 is 1.63 bits per heavy atom. The normalized spacial score (nSPS) is 12.1. The van der Waals surface area contributed by atoms with Crippen LogP contribution < -0.4 is 5.73 Å². The van der Waals surface area contributed by atoms with Crippen LogP contribution in [0.5, 0.6) is 0 Å². The van der Waals surface area contributed by atoms with Crippen molar-refractivity contribution < 1.29 is 14.3 Å². The number of carbonyl (C=O) groups is 2. The minimum atomic E-state index is -0.728. The Morgan fingerprint density at radius 1 is 0.947 bits per heavy atom. The number of nitrogens with two attached hydrogens (primary N) is 1. The Hall–Kier alpha value is -1.84. The second-order valence-electron chi connectivity index (χ2n) is 5.68. The van der Waals surface area contributed by atoms with Gasteiger partial charge in [0.1, 0.15) is 0 Å². The van der Waals surface area contributed by atoms with Crippen molar-refractivity contribution >= 4 is 11.9 Å². The molecule has 0 aliphatic carbocycles. The van der Waals surface area contributed by atoms with Gasteiger partial charge < -0.3 is 10.5 Å². The maximum Gasteiger partial charge on any atom is 0.315 e. The molecule has 0 aromatic heterocycles. The Bertz CT molecular complexity index is 487. The number of hydrogen-bond donors (Lipinski definition) is 1. The molecule has 4 nitrogen and oxygen atoms in total. The molecule has 4 heteroatoms. The molecule has 0 unspecified atom stereocenters. The van der Waals surface area contributed by atoms with Gasteiger partial charge in [0.15, 0.2) is 0 Å². The molecule has 0 heterocycles. The van der Waals surface area contributed by atoms with E-state index in [4.69, 9.17) is 10.5 Å². The molecule has 0 radical (unpaired) electrons. The smallest absolute Gasteiger partial charge is 0.315 e. The van der Waals surface area contributed by atoms with Crippen LogP contribution in [0.3, 0.4) is 0 Å². The van der Waals surface area contributed by atoms with Gasteiger partial charge in [-0.05, 0) is 38.8 Å². The molecule has 2 N–H and O–H groups in total.